The highest BCUT2D eigenvalue weighted by Crippen LogP contribution is 2.31. The summed E-state index contributed by atoms with van der Waals surface area (Å²) in [7, 11) is 0. The van der Waals surface area contributed by atoms with Crippen molar-refractivity contribution in [3.63, 3.8) is 0 Å². The van der Waals surface area contributed by atoms with Gasteiger partial charge in [-0.05, 0) is 36.1 Å². The number of carbonyl (C=O) groups is 1. The van der Waals surface area contributed by atoms with Gasteiger partial charge in [0.05, 0.1) is 17.6 Å². The molecule has 6 heteroatoms. The van der Waals surface area contributed by atoms with Crippen LogP contribution in [-0.4, -0.2) is 47.0 Å². The average Bonchev–Trinajstić information content (AvgIpc) is 3.16. The normalized spacial score (nSPS) is 14.6. The highest BCUT2D eigenvalue weighted by atomic mass is 32.1. The van der Waals surface area contributed by atoms with Crippen molar-refractivity contribution < 1.29 is 4.79 Å². The SMILES string of the molecule is Cc1c(CN2CCN(C(=O)Nc3ccc(-c4ccccc4)nc3)CC2)sc2ccccc12. The first-order valence-corrected chi connectivity index (χ1v) is 11.8. The summed E-state index contributed by atoms with van der Waals surface area (Å²) in [6.07, 6.45) is 1.72. The number of thiophene rings is 1. The van der Waals surface area contributed by atoms with E-state index >= 15 is 0 Å². The van der Waals surface area contributed by atoms with E-state index in [9.17, 15) is 4.79 Å². The van der Waals surface area contributed by atoms with Gasteiger partial charge in [-0.2, -0.15) is 0 Å². The summed E-state index contributed by atoms with van der Waals surface area (Å²) in [5.74, 6) is 0. The predicted octanol–water partition coefficient (Wildman–Crippen LogP) is 5.62. The third-order valence-corrected chi connectivity index (χ3v) is 7.31. The lowest BCUT2D eigenvalue weighted by atomic mass is 10.1. The molecule has 1 saturated heterocycles. The monoisotopic (exact) mass is 442 g/mol. The van der Waals surface area contributed by atoms with Crippen molar-refractivity contribution >= 4 is 33.1 Å². The lowest BCUT2D eigenvalue weighted by Gasteiger charge is -2.34. The molecule has 0 spiro atoms. The van der Waals surface area contributed by atoms with Crippen molar-refractivity contribution in [2.45, 2.75) is 13.5 Å². The maximum absolute atomic E-state index is 12.7. The number of aromatic nitrogens is 1. The molecule has 4 aromatic rings. The fourth-order valence-corrected chi connectivity index (χ4v) is 5.39. The first-order valence-electron chi connectivity index (χ1n) is 10.9. The van der Waals surface area contributed by atoms with E-state index in [-0.39, 0.29) is 6.03 Å². The minimum absolute atomic E-state index is 0.0584. The molecule has 1 aliphatic heterocycles. The molecule has 0 unspecified atom stereocenters. The molecular formula is C26H26N4OS. The zero-order valence-electron chi connectivity index (χ0n) is 18.1. The molecule has 32 heavy (non-hydrogen) atoms. The van der Waals surface area contributed by atoms with Crippen LogP contribution < -0.4 is 5.32 Å². The van der Waals surface area contributed by atoms with Crippen LogP contribution in [-0.2, 0) is 6.54 Å². The fourth-order valence-electron chi connectivity index (χ4n) is 4.14. The van der Waals surface area contributed by atoms with Crippen molar-refractivity contribution in [1.82, 2.24) is 14.8 Å². The van der Waals surface area contributed by atoms with Gasteiger partial charge >= 0.3 is 6.03 Å². The smallest absolute Gasteiger partial charge is 0.321 e. The molecule has 1 aliphatic rings. The molecule has 0 atom stereocenters. The number of fused-ring (bicyclic) bond motifs is 1. The van der Waals surface area contributed by atoms with Crippen molar-refractivity contribution in [3.05, 3.63) is 83.4 Å². The zero-order chi connectivity index (χ0) is 21.9. The number of urea groups is 1. The number of nitrogens with one attached hydrogen (secondary N) is 1. The van der Waals surface area contributed by atoms with Crippen molar-refractivity contribution in [2.75, 3.05) is 31.5 Å². The third kappa shape index (κ3) is 4.38. The van der Waals surface area contributed by atoms with E-state index in [1.54, 1.807) is 6.20 Å². The van der Waals surface area contributed by atoms with E-state index in [4.69, 9.17) is 0 Å². The maximum atomic E-state index is 12.7. The molecular weight excluding hydrogens is 416 g/mol. The van der Waals surface area contributed by atoms with Crippen LogP contribution in [0.15, 0.2) is 72.9 Å². The summed E-state index contributed by atoms with van der Waals surface area (Å²) in [5, 5.41) is 4.35. The van der Waals surface area contributed by atoms with Gasteiger partial charge < -0.3 is 10.2 Å². The molecule has 5 rings (SSSR count). The number of rotatable bonds is 4. The Hall–Kier alpha value is -3.22. The third-order valence-electron chi connectivity index (χ3n) is 6.05. The minimum atomic E-state index is -0.0584. The molecule has 5 nitrogen and oxygen atoms in total. The Morgan fingerprint density at radius 3 is 2.44 bits per heavy atom. The molecule has 0 saturated carbocycles. The molecule has 162 valence electrons. The molecule has 1 N–H and O–H groups in total. The number of aryl methyl sites for hydroxylation is 1. The summed E-state index contributed by atoms with van der Waals surface area (Å²) < 4.78 is 1.35. The Bertz CT molecular complexity index is 1210. The van der Waals surface area contributed by atoms with Gasteiger partial charge in [-0.25, -0.2) is 4.79 Å². The van der Waals surface area contributed by atoms with Crippen LogP contribution in [0.25, 0.3) is 21.3 Å². The van der Waals surface area contributed by atoms with Gasteiger partial charge in [0.25, 0.3) is 0 Å². The van der Waals surface area contributed by atoms with E-state index in [1.165, 1.54) is 20.5 Å². The lowest BCUT2D eigenvalue weighted by molar-refractivity contribution is 0.143. The number of pyridine rings is 1. The lowest BCUT2D eigenvalue weighted by Crippen LogP contribution is -2.49. The van der Waals surface area contributed by atoms with Crippen LogP contribution in [0.5, 0.6) is 0 Å². The first kappa shape index (κ1) is 20.7. The Balaban J connectivity index is 1.15. The van der Waals surface area contributed by atoms with Gasteiger partial charge in [-0.3, -0.25) is 9.88 Å². The van der Waals surface area contributed by atoms with E-state index in [1.807, 2.05) is 58.7 Å². The second-order valence-electron chi connectivity index (χ2n) is 8.14. The number of hydrogen-bond donors (Lipinski definition) is 1. The van der Waals surface area contributed by atoms with Crippen LogP contribution in [0, 0.1) is 6.92 Å². The Labute approximate surface area is 192 Å². The number of hydrogen-bond acceptors (Lipinski definition) is 4. The van der Waals surface area contributed by atoms with Gasteiger partial charge in [-0.1, -0.05) is 48.5 Å². The average molecular weight is 443 g/mol. The van der Waals surface area contributed by atoms with Crippen molar-refractivity contribution in [3.8, 4) is 11.3 Å². The number of carbonyl (C=O) groups excluding carboxylic acids is 1. The fraction of sp³-hybridized carbons (Fsp3) is 0.231. The second-order valence-corrected chi connectivity index (χ2v) is 9.27. The summed E-state index contributed by atoms with van der Waals surface area (Å²) in [4.78, 5) is 23.0. The number of nitrogens with zero attached hydrogens (tertiary/aromatic N) is 3. The van der Waals surface area contributed by atoms with Gasteiger partial charge in [0, 0.05) is 47.9 Å². The maximum Gasteiger partial charge on any atom is 0.321 e. The van der Waals surface area contributed by atoms with E-state index in [0.717, 1.165) is 49.7 Å². The molecule has 0 radical (unpaired) electrons. The highest BCUT2D eigenvalue weighted by Gasteiger charge is 2.22. The highest BCUT2D eigenvalue weighted by molar-refractivity contribution is 7.19. The standard InChI is InChI=1S/C26H26N4OS/c1-19-22-9-5-6-10-24(22)32-25(19)18-29-13-15-30(16-14-29)26(31)28-21-11-12-23(27-17-21)20-7-3-2-4-8-20/h2-12,17H,13-16,18H2,1H3,(H,28,31). The van der Waals surface area contributed by atoms with E-state index in [0.29, 0.717) is 0 Å². The summed E-state index contributed by atoms with van der Waals surface area (Å²) in [6.45, 7) is 6.38. The first-order chi connectivity index (χ1) is 15.7. The van der Waals surface area contributed by atoms with Crippen LogP contribution in [0.4, 0.5) is 10.5 Å². The van der Waals surface area contributed by atoms with Gasteiger partial charge in [0.15, 0.2) is 0 Å². The number of amides is 2. The zero-order valence-corrected chi connectivity index (χ0v) is 18.9. The van der Waals surface area contributed by atoms with Crippen molar-refractivity contribution in [2.24, 2.45) is 0 Å². The predicted molar refractivity (Wildman–Crippen MR) is 132 cm³/mol. The van der Waals surface area contributed by atoms with E-state index in [2.05, 4.69) is 46.4 Å². The Morgan fingerprint density at radius 2 is 1.72 bits per heavy atom. The molecule has 2 aromatic carbocycles. The number of anilines is 1. The summed E-state index contributed by atoms with van der Waals surface area (Å²) in [6, 6.07) is 22.4. The number of piperazine rings is 1. The summed E-state index contributed by atoms with van der Waals surface area (Å²) >= 11 is 1.88. The largest absolute Gasteiger partial charge is 0.322 e. The summed E-state index contributed by atoms with van der Waals surface area (Å²) in [5.41, 5.74) is 4.07. The van der Waals surface area contributed by atoms with Gasteiger partial charge in [-0.15, -0.1) is 11.3 Å². The van der Waals surface area contributed by atoms with Gasteiger partial charge in [0.1, 0.15) is 0 Å². The quantitative estimate of drug-likeness (QED) is 0.446. The van der Waals surface area contributed by atoms with Crippen LogP contribution in [0.3, 0.4) is 0 Å². The van der Waals surface area contributed by atoms with Crippen LogP contribution in [0.1, 0.15) is 10.4 Å². The van der Waals surface area contributed by atoms with Crippen LogP contribution in [0.2, 0.25) is 0 Å². The van der Waals surface area contributed by atoms with E-state index < -0.39 is 0 Å². The molecule has 0 bridgehead atoms. The van der Waals surface area contributed by atoms with Gasteiger partial charge in [0.2, 0.25) is 0 Å². The second kappa shape index (κ2) is 9.10. The molecule has 0 aliphatic carbocycles. The molecule has 2 aromatic heterocycles. The Kier molecular flexibility index (Phi) is 5.88. The molecule has 1 fully saturated rings. The molecule has 2 amide bonds. The molecule has 3 heterocycles. The van der Waals surface area contributed by atoms with Crippen LogP contribution >= 0.6 is 11.3 Å². The Morgan fingerprint density at radius 1 is 0.969 bits per heavy atom. The number of benzene rings is 2. The minimum Gasteiger partial charge on any atom is -0.322 e. The van der Waals surface area contributed by atoms with Crippen molar-refractivity contribution in [1.29, 1.82) is 0 Å². The topological polar surface area (TPSA) is 48.5 Å².